The van der Waals surface area contributed by atoms with E-state index in [1.165, 1.54) is 19.3 Å². The molecule has 1 aromatic heterocycles. The van der Waals surface area contributed by atoms with Crippen molar-refractivity contribution in [2.75, 3.05) is 11.9 Å². The lowest BCUT2D eigenvalue weighted by atomic mass is 9.53. The van der Waals surface area contributed by atoms with Crippen LogP contribution < -0.4 is 10.6 Å². The smallest absolute Gasteiger partial charge is 0.318 e. The summed E-state index contributed by atoms with van der Waals surface area (Å²) >= 11 is 0. The van der Waals surface area contributed by atoms with Gasteiger partial charge in [-0.05, 0) is 80.4 Å². The topological polar surface area (TPSA) is 79.3 Å². The zero-order valence-corrected chi connectivity index (χ0v) is 24.8. The molecule has 2 aromatic carbocycles. The molecule has 7 rings (SSSR count). The van der Waals surface area contributed by atoms with Gasteiger partial charge in [0.25, 0.3) is 0 Å². The van der Waals surface area contributed by atoms with E-state index in [2.05, 4.69) is 31.4 Å². The first kappa shape index (κ1) is 27.6. The molecule has 7 heteroatoms. The standard InChI is InChI=1S/C34H43N5O2/c1-23-10-8-9-13-28(23)39-30(17-29(37-39)33(2,3)4)35-31(40)22-38(21-24-11-6-5-7-12-24)32(41)36-34-18-25-14-26(19-34)16-27(15-25)20-34/h5-13,17,25-27H,14-16,18-22H2,1-4H3,(H,35,40)(H,36,41). The number of urea groups is 1. The van der Waals surface area contributed by atoms with E-state index in [-0.39, 0.29) is 29.4 Å². The molecule has 3 aromatic rings. The zero-order valence-electron chi connectivity index (χ0n) is 24.8. The van der Waals surface area contributed by atoms with Gasteiger partial charge in [-0.2, -0.15) is 5.10 Å². The van der Waals surface area contributed by atoms with Crippen LogP contribution in [0, 0.1) is 24.7 Å². The molecule has 4 fully saturated rings. The fraction of sp³-hybridized carbons (Fsp3) is 0.500. The van der Waals surface area contributed by atoms with Crippen molar-refractivity contribution in [1.29, 1.82) is 0 Å². The van der Waals surface area contributed by atoms with Crippen LogP contribution in [0.3, 0.4) is 0 Å². The Kier molecular flexibility index (Phi) is 7.16. The van der Waals surface area contributed by atoms with Crippen molar-refractivity contribution in [3.63, 3.8) is 0 Å². The predicted molar refractivity (Wildman–Crippen MR) is 162 cm³/mol. The lowest BCUT2D eigenvalue weighted by Crippen LogP contribution is -2.62. The van der Waals surface area contributed by atoms with Gasteiger partial charge in [0.05, 0.1) is 11.4 Å². The zero-order chi connectivity index (χ0) is 28.8. The third-order valence-corrected chi connectivity index (χ3v) is 9.34. The van der Waals surface area contributed by atoms with Crippen molar-refractivity contribution in [3.05, 3.63) is 77.5 Å². The highest BCUT2D eigenvalue weighted by molar-refractivity contribution is 5.94. The minimum atomic E-state index is -0.239. The van der Waals surface area contributed by atoms with Crippen molar-refractivity contribution in [1.82, 2.24) is 20.0 Å². The molecular weight excluding hydrogens is 510 g/mol. The Morgan fingerprint density at radius 2 is 1.56 bits per heavy atom. The molecule has 4 aliphatic rings. The largest absolute Gasteiger partial charge is 0.333 e. The molecule has 3 amide bonds. The summed E-state index contributed by atoms with van der Waals surface area (Å²) in [5.74, 6) is 2.55. The van der Waals surface area contributed by atoms with Gasteiger partial charge in [-0.15, -0.1) is 0 Å². The molecular formula is C34H43N5O2. The first-order valence-corrected chi connectivity index (χ1v) is 15.1. The number of rotatable bonds is 7. The number of nitrogens with zero attached hydrogens (tertiary/aromatic N) is 3. The number of benzene rings is 2. The van der Waals surface area contributed by atoms with Crippen LogP contribution in [-0.4, -0.2) is 38.7 Å². The molecule has 4 bridgehead atoms. The summed E-state index contributed by atoms with van der Waals surface area (Å²) < 4.78 is 1.81. The maximum atomic E-state index is 13.9. The van der Waals surface area contributed by atoms with Gasteiger partial charge < -0.3 is 15.5 Å². The summed E-state index contributed by atoms with van der Waals surface area (Å²) in [6.45, 7) is 8.70. The summed E-state index contributed by atoms with van der Waals surface area (Å²) in [5, 5.41) is 11.5. The summed E-state index contributed by atoms with van der Waals surface area (Å²) in [6, 6.07) is 19.7. The molecule has 0 atom stereocenters. The van der Waals surface area contributed by atoms with Crippen LogP contribution in [0.4, 0.5) is 10.6 Å². The third-order valence-electron chi connectivity index (χ3n) is 9.34. The number of carbonyl (C=O) groups excluding carboxylic acids is 2. The van der Waals surface area contributed by atoms with Crippen molar-refractivity contribution < 1.29 is 9.59 Å². The lowest BCUT2D eigenvalue weighted by Gasteiger charge is -2.57. The number of nitrogens with one attached hydrogen (secondary N) is 2. The van der Waals surface area contributed by atoms with Gasteiger partial charge in [0.15, 0.2) is 0 Å². The highest BCUT2D eigenvalue weighted by Crippen LogP contribution is 2.55. The van der Waals surface area contributed by atoms with Crippen LogP contribution in [0.25, 0.3) is 5.69 Å². The van der Waals surface area contributed by atoms with Gasteiger partial charge in [-0.25, -0.2) is 9.48 Å². The van der Waals surface area contributed by atoms with Gasteiger partial charge in [0.1, 0.15) is 12.4 Å². The first-order valence-electron chi connectivity index (χ1n) is 15.1. The fourth-order valence-electron chi connectivity index (χ4n) is 7.75. The summed E-state index contributed by atoms with van der Waals surface area (Å²) in [4.78, 5) is 29.2. The van der Waals surface area contributed by atoms with E-state index in [4.69, 9.17) is 5.10 Å². The van der Waals surface area contributed by atoms with Crippen molar-refractivity contribution in [2.24, 2.45) is 17.8 Å². The second kappa shape index (κ2) is 10.7. The first-order chi connectivity index (χ1) is 19.6. The molecule has 2 N–H and O–H groups in total. The van der Waals surface area contributed by atoms with Crippen LogP contribution in [-0.2, 0) is 16.8 Å². The third kappa shape index (κ3) is 5.90. The number of carbonyl (C=O) groups is 2. The van der Waals surface area contributed by atoms with Crippen LogP contribution >= 0.6 is 0 Å². The quantitative estimate of drug-likeness (QED) is 0.346. The Morgan fingerprint density at radius 3 is 2.17 bits per heavy atom. The highest BCUT2D eigenvalue weighted by atomic mass is 16.2. The van der Waals surface area contributed by atoms with Gasteiger partial charge in [-0.3, -0.25) is 4.79 Å². The SMILES string of the molecule is Cc1ccccc1-n1nc(C(C)(C)C)cc1NC(=O)CN(Cc1ccccc1)C(=O)NC12CC3CC(CC(C3)C1)C2. The van der Waals surface area contributed by atoms with E-state index < -0.39 is 0 Å². The molecule has 0 saturated heterocycles. The van der Waals surface area contributed by atoms with E-state index in [0.717, 1.165) is 59.5 Å². The second-order valence-corrected chi connectivity index (χ2v) is 13.9. The maximum Gasteiger partial charge on any atom is 0.318 e. The second-order valence-electron chi connectivity index (χ2n) is 13.9. The minimum absolute atomic E-state index is 0.0447. The Morgan fingerprint density at radius 1 is 0.951 bits per heavy atom. The van der Waals surface area contributed by atoms with Crippen molar-refractivity contribution in [2.45, 2.75) is 83.7 Å². The molecule has 0 spiro atoms. The molecule has 0 radical (unpaired) electrons. The van der Waals surface area contributed by atoms with E-state index in [1.54, 1.807) is 4.90 Å². The Hall–Kier alpha value is -3.61. The number of aryl methyl sites for hydroxylation is 1. The van der Waals surface area contributed by atoms with Crippen molar-refractivity contribution >= 4 is 17.8 Å². The Bertz CT molecular complexity index is 1390. The van der Waals surface area contributed by atoms with Crippen LogP contribution in [0.5, 0.6) is 0 Å². The average molecular weight is 554 g/mol. The van der Waals surface area contributed by atoms with E-state index in [0.29, 0.717) is 12.4 Å². The van der Waals surface area contributed by atoms with Crippen LogP contribution in [0.1, 0.15) is 76.1 Å². The number of aromatic nitrogens is 2. The summed E-state index contributed by atoms with van der Waals surface area (Å²) in [5.41, 5.74) is 3.55. The molecule has 1 heterocycles. The molecule has 216 valence electrons. The van der Waals surface area contributed by atoms with Gasteiger partial charge in [0, 0.05) is 23.6 Å². The summed E-state index contributed by atoms with van der Waals surface area (Å²) in [6.07, 6.45) is 7.16. The normalized spacial score (nSPS) is 24.7. The number of hydrogen-bond donors (Lipinski definition) is 2. The number of anilines is 1. The maximum absolute atomic E-state index is 13.9. The molecule has 0 unspecified atom stereocenters. The summed E-state index contributed by atoms with van der Waals surface area (Å²) in [7, 11) is 0. The number of hydrogen-bond acceptors (Lipinski definition) is 3. The minimum Gasteiger partial charge on any atom is -0.333 e. The Labute approximate surface area is 243 Å². The van der Waals surface area contributed by atoms with E-state index >= 15 is 0 Å². The predicted octanol–water partition coefficient (Wildman–Crippen LogP) is 6.60. The van der Waals surface area contributed by atoms with Gasteiger partial charge in [0.2, 0.25) is 5.91 Å². The van der Waals surface area contributed by atoms with Gasteiger partial charge in [-0.1, -0.05) is 69.3 Å². The average Bonchev–Trinajstić information content (AvgIpc) is 3.32. The molecule has 7 nitrogen and oxygen atoms in total. The van der Waals surface area contributed by atoms with Gasteiger partial charge >= 0.3 is 6.03 Å². The molecule has 4 aliphatic carbocycles. The Balaban J connectivity index is 1.23. The van der Waals surface area contributed by atoms with E-state index in [1.807, 2.05) is 72.3 Å². The fourth-order valence-corrected chi connectivity index (χ4v) is 7.75. The highest BCUT2D eigenvalue weighted by Gasteiger charge is 2.51. The number of amides is 3. The van der Waals surface area contributed by atoms with E-state index in [9.17, 15) is 9.59 Å². The van der Waals surface area contributed by atoms with Crippen LogP contribution in [0.15, 0.2) is 60.7 Å². The molecule has 41 heavy (non-hydrogen) atoms. The van der Waals surface area contributed by atoms with Crippen molar-refractivity contribution in [3.8, 4) is 5.69 Å². The molecule has 0 aliphatic heterocycles. The lowest BCUT2D eigenvalue weighted by molar-refractivity contribution is -0.117. The molecule has 4 saturated carbocycles. The number of para-hydroxylation sites is 1. The van der Waals surface area contributed by atoms with Crippen LogP contribution in [0.2, 0.25) is 0 Å². The monoisotopic (exact) mass is 553 g/mol.